The van der Waals surface area contributed by atoms with E-state index in [1.54, 1.807) is 0 Å². The smallest absolute Gasteiger partial charge is 0.167 e. The first-order valence-electron chi connectivity index (χ1n) is 6.71. The van der Waals surface area contributed by atoms with E-state index < -0.39 is 31.2 Å². The molecule has 2 aromatic rings. The van der Waals surface area contributed by atoms with Crippen LogP contribution >= 0.6 is 11.8 Å². The Morgan fingerprint density at radius 1 is 1.32 bits per heavy atom. The van der Waals surface area contributed by atoms with Gasteiger partial charge >= 0.3 is 0 Å². The van der Waals surface area contributed by atoms with E-state index in [2.05, 4.69) is 15.0 Å². The van der Waals surface area contributed by atoms with Crippen molar-refractivity contribution in [1.29, 1.82) is 0 Å². The van der Waals surface area contributed by atoms with Gasteiger partial charge in [0.05, 0.1) is 19.1 Å². The third-order valence-corrected chi connectivity index (χ3v) is 4.51. The van der Waals surface area contributed by atoms with Crippen molar-refractivity contribution in [2.45, 2.75) is 24.5 Å². The van der Waals surface area contributed by atoms with Gasteiger partial charge in [0.2, 0.25) is 0 Å². The van der Waals surface area contributed by atoms with Gasteiger partial charge in [0.1, 0.15) is 24.1 Å². The van der Waals surface area contributed by atoms with Crippen LogP contribution in [-0.4, -0.2) is 66.2 Å². The molecule has 10 heteroatoms. The van der Waals surface area contributed by atoms with Gasteiger partial charge < -0.3 is 20.7 Å². The van der Waals surface area contributed by atoms with Crippen LogP contribution in [0.5, 0.6) is 0 Å². The van der Waals surface area contributed by atoms with Crippen LogP contribution < -0.4 is 5.73 Å². The van der Waals surface area contributed by atoms with E-state index in [0.29, 0.717) is 22.7 Å². The molecular formula is C12H16FN5O3S. The molecule has 0 radical (unpaired) electrons. The molecule has 22 heavy (non-hydrogen) atoms. The number of aliphatic hydroxyl groups excluding tert-OH is 2. The number of aliphatic hydroxyl groups is 2. The maximum atomic E-state index is 12.1. The van der Waals surface area contributed by atoms with Crippen LogP contribution in [0.2, 0.25) is 0 Å². The SMILES string of the molecule is Nc1ncnc2c1ncn2[C@@H]1O[C@H](CSCCF)[C@@H](O)[C@H]1O. The summed E-state index contributed by atoms with van der Waals surface area (Å²) in [6, 6.07) is 0. The van der Waals surface area contributed by atoms with Crippen LogP contribution in [0, 0.1) is 0 Å². The number of anilines is 1. The molecule has 8 nitrogen and oxygen atoms in total. The average Bonchev–Trinajstić information content (AvgIpc) is 3.05. The van der Waals surface area contributed by atoms with Crippen LogP contribution in [0.1, 0.15) is 6.23 Å². The molecule has 1 aliphatic heterocycles. The normalized spacial score (nSPS) is 28.5. The second-order valence-corrected chi connectivity index (χ2v) is 6.04. The van der Waals surface area contributed by atoms with Gasteiger partial charge in [0, 0.05) is 11.5 Å². The third-order valence-electron chi connectivity index (χ3n) is 3.50. The number of hydrogen-bond acceptors (Lipinski definition) is 8. The number of aromatic nitrogens is 4. The van der Waals surface area contributed by atoms with E-state index in [1.807, 2.05) is 0 Å². The van der Waals surface area contributed by atoms with Gasteiger partial charge in [-0.3, -0.25) is 8.96 Å². The number of rotatable bonds is 5. The largest absolute Gasteiger partial charge is 0.387 e. The second-order valence-electron chi connectivity index (χ2n) is 4.89. The molecule has 1 fully saturated rings. The molecule has 0 aromatic carbocycles. The molecule has 2 aromatic heterocycles. The fourth-order valence-corrected chi connectivity index (χ4v) is 3.19. The highest BCUT2D eigenvalue weighted by Crippen LogP contribution is 2.33. The molecule has 0 saturated carbocycles. The summed E-state index contributed by atoms with van der Waals surface area (Å²) < 4.78 is 19.4. The van der Waals surface area contributed by atoms with Crippen LogP contribution in [0.4, 0.5) is 10.2 Å². The van der Waals surface area contributed by atoms with Gasteiger partial charge in [-0.05, 0) is 0 Å². The minimum Gasteiger partial charge on any atom is -0.387 e. The summed E-state index contributed by atoms with van der Waals surface area (Å²) in [6.07, 6.45) is -0.882. The first-order valence-corrected chi connectivity index (χ1v) is 7.87. The topological polar surface area (TPSA) is 119 Å². The monoisotopic (exact) mass is 329 g/mol. The Morgan fingerprint density at radius 2 is 2.14 bits per heavy atom. The number of ether oxygens (including phenoxy) is 1. The predicted octanol–water partition coefficient (Wildman–Crippen LogP) is -0.270. The highest BCUT2D eigenvalue weighted by Gasteiger charge is 2.44. The number of imidazole rings is 1. The van der Waals surface area contributed by atoms with Crippen LogP contribution in [-0.2, 0) is 4.74 Å². The minimum absolute atomic E-state index is 0.229. The third kappa shape index (κ3) is 2.62. The first-order chi connectivity index (χ1) is 10.6. The summed E-state index contributed by atoms with van der Waals surface area (Å²) in [4.78, 5) is 12.0. The molecule has 0 unspecified atom stereocenters. The number of nitrogens with two attached hydrogens (primary N) is 1. The number of fused-ring (bicyclic) bond motifs is 1. The van der Waals surface area contributed by atoms with Crippen molar-refractivity contribution in [2.75, 3.05) is 23.9 Å². The highest BCUT2D eigenvalue weighted by atomic mass is 32.2. The Morgan fingerprint density at radius 3 is 2.91 bits per heavy atom. The standard InChI is InChI=1S/C12H16FN5O3S/c13-1-2-22-3-6-8(19)9(20)12(21-6)18-5-17-7-10(14)15-4-16-11(7)18/h4-6,8-9,12,19-20H,1-3H2,(H2,14,15,16)/t6-,8-,9-,12-/m1/s1. The summed E-state index contributed by atoms with van der Waals surface area (Å²) >= 11 is 1.32. The fourth-order valence-electron chi connectivity index (χ4n) is 2.41. The van der Waals surface area contributed by atoms with E-state index in [-0.39, 0.29) is 5.82 Å². The van der Waals surface area contributed by atoms with Gasteiger partial charge in [0.25, 0.3) is 0 Å². The Kier molecular flexibility index (Phi) is 4.43. The van der Waals surface area contributed by atoms with Crippen LogP contribution in [0.3, 0.4) is 0 Å². The number of hydrogen-bond donors (Lipinski definition) is 3. The molecule has 4 atom stereocenters. The van der Waals surface area contributed by atoms with Crippen LogP contribution in [0.25, 0.3) is 11.2 Å². The maximum Gasteiger partial charge on any atom is 0.167 e. The lowest BCUT2D eigenvalue weighted by Crippen LogP contribution is -2.32. The van der Waals surface area contributed by atoms with E-state index in [0.717, 1.165) is 0 Å². The molecule has 3 rings (SSSR count). The molecular weight excluding hydrogens is 313 g/mol. The van der Waals surface area contributed by atoms with Crippen molar-refractivity contribution in [1.82, 2.24) is 19.5 Å². The van der Waals surface area contributed by atoms with Gasteiger partial charge in [0.15, 0.2) is 17.7 Å². The minimum atomic E-state index is -1.13. The number of thioether (sulfide) groups is 1. The summed E-state index contributed by atoms with van der Waals surface area (Å²) in [5, 5.41) is 20.3. The van der Waals surface area contributed by atoms with Gasteiger partial charge in [-0.1, -0.05) is 0 Å². The van der Waals surface area contributed by atoms with Gasteiger partial charge in [-0.2, -0.15) is 11.8 Å². The Labute approximate surface area is 129 Å². The Bertz CT molecular complexity index is 657. The molecule has 1 aliphatic rings. The van der Waals surface area contributed by atoms with E-state index in [1.165, 1.54) is 29.0 Å². The lowest BCUT2D eigenvalue weighted by atomic mass is 10.1. The van der Waals surface area contributed by atoms with Crippen molar-refractivity contribution in [2.24, 2.45) is 0 Å². The molecule has 0 bridgehead atoms. The van der Waals surface area contributed by atoms with Crippen molar-refractivity contribution in [3.63, 3.8) is 0 Å². The van der Waals surface area contributed by atoms with Crippen molar-refractivity contribution in [3.05, 3.63) is 12.7 Å². The molecule has 0 aliphatic carbocycles. The first kappa shape index (κ1) is 15.4. The predicted molar refractivity (Wildman–Crippen MR) is 79.0 cm³/mol. The van der Waals surface area contributed by atoms with Gasteiger partial charge in [-0.15, -0.1) is 0 Å². The zero-order valence-electron chi connectivity index (χ0n) is 11.5. The lowest BCUT2D eigenvalue weighted by molar-refractivity contribution is -0.0289. The van der Waals surface area contributed by atoms with E-state index in [9.17, 15) is 14.6 Å². The Hall–Kier alpha value is -1.49. The molecule has 3 heterocycles. The zero-order chi connectivity index (χ0) is 15.7. The zero-order valence-corrected chi connectivity index (χ0v) is 12.4. The quantitative estimate of drug-likeness (QED) is 0.641. The molecule has 0 amide bonds. The Balaban J connectivity index is 1.83. The average molecular weight is 329 g/mol. The molecule has 0 spiro atoms. The van der Waals surface area contributed by atoms with Crippen molar-refractivity contribution in [3.8, 4) is 0 Å². The number of nitrogen functional groups attached to an aromatic ring is 1. The summed E-state index contributed by atoms with van der Waals surface area (Å²) in [5.41, 5.74) is 6.54. The van der Waals surface area contributed by atoms with Gasteiger partial charge in [-0.25, -0.2) is 15.0 Å². The number of alkyl halides is 1. The lowest BCUT2D eigenvalue weighted by Gasteiger charge is -2.16. The summed E-state index contributed by atoms with van der Waals surface area (Å²) in [7, 11) is 0. The number of halogens is 1. The van der Waals surface area contributed by atoms with E-state index >= 15 is 0 Å². The highest BCUT2D eigenvalue weighted by molar-refractivity contribution is 7.99. The summed E-state index contributed by atoms with van der Waals surface area (Å²) in [6.45, 7) is -0.443. The maximum absolute atomic E-state index is 12.1. The molecule has 4 N–H and O–H groups in total. The molecule has 120 valence electrons. The fraction of sp³-hybridized carbons (Fsp3) is 0.583. The molecule has 1 saturated heterocycles. The van der Waals surface area contributed by atoms with Crippen molar-refractivity contribution < 1.29 is 19.3 Å². The number of nitrogens with zero attached hydrogens (tertiary/aromatic N) is 4. The van der Waals surface area contributed by atoms with E-state index in [4.69, 9.17) is 10.5 Å². The summed E-state index contributed by atoms with van der Waals surface area (Å²) in [5.74, 6) is 0.944. The second kappa shape index (κ2) is 6.32. The van der Waals surface area contributed by atoms with Crippen molar-refractivity contribution >= 4 is 28.7 Å². The van der Waals surface area contributed by atoms with Crippen LogP contribution in [0.15, 0.2) is 12.7 Å².